The highest BCUT2D eigenvalue weighted by molar-refractivity contribution is 7.80. The molecular formula is C7H5ClF2N2S. The summed E-state index contributed by atoms with van der Waals surface area (Å²) in [5, 5.41) is 2.09. The third kappa shape index (κ3) is 2.26. The number of hydrogen-bond acceptors (Lipinski definition) is 1. The molecule has 0 unspecified atom stereocenters. The normalized spacial score (nSPS) is 9.77. The minimum atomic E-state index is -1.10. The maximum absolute atomic E-state index is 13.0. The fraction of sp³-hybridized carbons (Fsp3) is 0. The molecule has 0 radical (unpaired) electrons. The number of benzene rings is 1. The Balaban J connectivity index is 3.17. The summed E-state index contributed by atoms with van der Waals surface area (Å²) in [7, 11) is 0. The molecule has 0 aliphatic carbocycles. The van der Waals surface area contributed by atoms with Crippen LogP contribution in [0.3, 0.4) is 0 Å². The predicted molar refractivity (Wildman–Crippen MR) is 51.8 cm³/mol. The van der Waals surface area contributed by atoms with E-state index in [-0.39, 0.29) is 15.8 Å². The lowest BCUT2D eigenvalue weighted by Crippen LogP contribution is -2.20. The quantitative estimate of drug-likeness (QED) is 0.566. The number of thiocarbonyl (C=S) groups is 1. The number of nitrogens with one attached hydrogen (secondary N) is 1. The summed E-state index contributed by atoms with van der Waals surface area (Å²) in [4.78, 5) is 0. The molecule has 0 aliphatic heterocycles. The van der Waals surface area contributed by atoms with Crippen molar-refractivity contribution in [2.24, 2.45) is 5.73 Å². The molecule has 70 valence electrons. The molecule has 2 nitrogen and oxygen atoms in total. The summed E-state index contributed by atoms with van der Waals surface area (Å²) in [5.41, 5.74) is 4.84. The Morgan fingerprint density at radius 1 is 1.46 bits per heavy atom. The zero-order valence-electron chi connectivity index (χ0n) is 6.27. The van der Waals surface area contributed by atoms with Gasteiger partial charge >= 0.3 is 0 Å². The molecule has 0 bridgehead atoms. The monoisotopic (exact) mass is 222 g/mol. The number of hydrogen-bond donors (Lipinski definition) is 2. The highest BCUT2D eigenvalue weighted by Gasteiger charge is 2.12. The van der Waals surface area contributed by atoms with Crippen LogP contribution in [0.25, 0.3) is 0 Å². The minimum absolute atomic E-state index is 0.0201. The molecule has 1 aromatic carbocycles. The van der Waals surface area contributed by atoms with Gasteiger partial charge < -0.3 is 11.1 Å². The average molecular weight is 223 g/mol. The standard InChI is InChI=1S/C7H5ClF2N2S/c8-3-1-2-4(9)5(10)6(3)12-7(11)13/h1-2H,(H3,11,12,13). The zero-order valence-corrected chi connectivity index (χ0v) is 7.85. The van der Waals surface area contributed by atoms with Gasteiger partial charge in [0.15, 0.2) is 16.7 Å². The maximum atomic E-state index is 13.0. The maximum Gasteiger partial charge on any atom is 0.183 e. The molecule has 0 heterocycles. The van der Waals surface area contributed by atoms with E-state index in [0.717, 1.165) is 6.07 Å². The van der Waals surface area contributed by atoms with Gasteiger partial charge in [-0.3, -0.25) is 0 Å². The van der Waals surface area contributed by atoms with E-state index in [1.54, 1.807) is 0 Å². The second kappa shape index (κ2) is 3.85. The summed E-state index contributed by atoms with van der Waals surface area (Å²) in [6, 6.07) is 2.13. The van der Waals surface area contributed by atoms with Crippen LogP contribution in [-0.4, -0.2) is 5.11 Å². The fourth-order valence-corrected chi connectivity index (χ4v) is 1.06. The minimum Gasteiger partial charge on any atom is -0.376 e. The van der Waals surface area contributed by atoms with Crippen LogP contribution in [0.15, 0.2) is 12.1 Å². The van der Waals surface area contributed by atoms with Crippen LogP contribution in [0.1, 0.15) is 0 Å². The SMILES string of the molecule is NC(=S)Nc1c(Cl)ccc(F)c1F. The smallest absolute Gasteiger partial charge is 0.183 e. The Bertz CT molecular complexity index is 357. The number of anilines is 1. The summed E-state index contributed by atoms with van der Waals surface area (Å²) in [6.45, 7) is 0. The molecule has 0 saturated carbocycles. The van der Waals surface area contributed by atoms with E-state index in [0.29, 0.717) is 0 Å². The van der Waals surface area contributed by atoms with Gasteiger partial charge in [0.2, 0.25) is 0 Å². The molecule has 0 atom stereocenters. The first-order chi connectivity index (χ1) is 6.02. The van der Waals surface area contributed by atoms with Gasteiger partial charge in [0.25, 0.3) is 0 Å². The van der Waals surface area contributed by atoms with Crippen molar-refractivity contribution in [2.75, 3.05) is 5.32 Å². The van der Waals surface area contributed by atoms with E-state index in [2.05, 4.69) is 17.5 Å². The van der Waals surface area contributed by atoms with Gasteiger partial charge in [0, 0.05) is 0 Å². The van der Waals surface area contributed by atoms with Crippen LogP contribution in [0.4, 0.5) is 14.5 Å². The van der Waals surface area contributed by atoms with E-state index in [9.17, 15) is 8.78 Å². The Hall–Kier alpha value is -0.940. The van der Waals surface area contributed by atoms with E-state index in [1.807, 2.05) is 0 Å². The fourth-order valence-electron chi connectivity index (χ4n) is 0.765. The molecule has 1 aromatic rings. The first-order valence-electron chi connectivity index (χ1n) is 3.22. The number of rotatable bonds is 1. The highest BCUT2D eigenvalue weighted by Crippen LogP contribution is 2.26. The summed E-state index contributed by atoms with van der Waals surface area (Å²) in [5.74, 6) is -2.11. The molecule has 1 rings (SSSR count). The molecule has 0 amide bonds. The van der Waals surface area contributed by atoms with Crippen molar-refractivity contribution in [1.29, 1.82) is 0 Å². The lowest BCUT2D eigenvalue weighted by Gasteiger charge is -2.07. The Morgan fingerprint density at radius 2 is 2.08 bits per heavy atom. The second-order valence-electron chi connectivity index (χ2n) is 2.21. The van der Waals surface area contributed by atoms with E-state index in [4.69, 9.17) is 17.3 Å². The Kier molecular flexibility index (Phi) is 3.00. The Morgan fingerprint density at radius 3 is 2.62 bits per heavy atom. The molecule has 0 saturated heterocycles. The predicted octanol–water partition coefficient (Wildman–Crippen LogP) is 2.27. The van der Waals surface area contributed by atoms with Crippen molar-refractivity contribution >= 4 is 34.6 Å². The van der Waals surface area contributed by atoms with Crippen molar-refractivity contribution < 1.29 is 8.78 Å². The molecule has 3 N–H and O–H groups in total. The van der Waals surface area contributed by atoms with Gasteiger partial charge in [-0.25, -0.2) is 8.78 Å². The van der Waals surface area contributed by atoms with Crippen LogP contribution < -0.4 is 11.1 Å². The van der Waals surface area contributed by atoms with Crippen LogP contribution in [0, 0.1) is 11.6 Å². The van der Waals surface area contributed by atoms with Gasteiger partial charge in [-0.2, -0.15) is 0 Å². The van der Waals surface area contributed by atoms with E-state index in [1.165, 1.54) is 6.07 Å². The van der Waals surface area contributed by atoms with Gasteiger partial charge in [0.1, 0.15) is 0 Å². The molecule has 6 heteroatoms. The van der Waals surface area contributed by atoms with E-state index < -0.39 is 11.6 Å². The van der Waals surface area contributed by atoms with Gasteiger partial charge in [-0.15, -0.1) is 0 Å². The molecule has 13 heavy (non-hydrogen) atoms. The van der Waals surface area contributed by atoms with Crippen molar-refractivity contribution in [2.45, 2.75) is 0 Å². The van der Waals surface area contributed by atoms with Crippen LogP contribution >= 0.6 is 23.8 Å². The molecule has 0 aromatic heterocycles. The van der Waals surface area contributed by atoms with Crippen LogP contribution in [-0.2, 0) is 0 Å². The summed E-state index contributed by atoms with van der Waals surface area (Å²) < 4.78 is 25.6. The molecule has 0 fully saturated rings. The van der Waals surface area contributed by atoms with Crippen molar-refractivity contribution in [3.8, 4) is 0 Å². The lowest BCUT2D eigenvalue weighted by atomic mass is 10.3. The van der Waals surface area contributed by atoms with Crippen LogP contribution in [0.5, 0.6) is 0 Å². The summed E-state index contributed by atoms with van der Waals surface area (Å²) in [6.07, 6.45) is 0. The van der Waals surface area contributed by atoms with Crippen molar-refractivity contribution in [1.82, 2.24) is 0 Å². The second-order valence-corrected chi connectivity index (χ2v) is 3.05. The Labute approximate surface area is 83.7 Å². The molecular weight excluding hydrogens is 218 g/mol. The zero-order chi connectivity index (χ0) is 10.0. The number of nitrogens with two attached hydrogens (primary N) is 1. The van der Waals surface area contributed by atoms with E-state index >= 15 is 0 Å². The van der Waals surface area contributed by atoms with Gasteiger partial charge in [0.05, 0.1) is 10.7 Å². The highest BCUT2D eigenvalue weighted by atomic mass is 35.5. The van der Waals surface area contributed by atoms with Crippen molar-refractivity contribution in [3.05, 3.63) is 28.8 Å². The molecule has 0 spiro atoms. The van der Waals surface area contributed by atoms with Gasteiger partial charge in [-0.1, -0.05) is 11.6 Å². The van der Waals surface area contributed by atoms with Crippen molar-refractivity contribution in [3.63, 3.8) is 0 Å². The lowest BCUT2D eigenvalue weighted by molar-refractivity contribution is 0.512. The van der Waals surface area contributed by atoms with Gasteiger partial charge in [-0.05, 0) is 24.4 Å². The largest absolute Gasteiger partial charge is 0.376 e. The third-order valence-electron chi connectivity index (χ3n) is 1.29. The third-order valence-corrected chi connectivity index (χ3v) is 1.71. The first kappa shape index (κ1) is 10.1. The summed E-state index contributed by atoms with van der Waals surface area (Å²) >= 11 is 10.0. The van der Waals surface area contributed by atoms with Crippen LogP contribution in [0.2, 0.25) is 5.02 Å². The average Bonchev–Trinajstić information content (AvgIpc) is 2.05. The molecule has 0 aliphatic rings. The topological polar surface area (TPSA) is 38.0 Å². The first-order valence-corrected chi connectivity index (χ1v) is 4.01. The number of halogens is 3.